The fourth-order valence-electron chi connectivity index (χ4n) is 1.91. The molecule has 0 saturated heterocycles. The molecule has 0 aliphatic carbocycles. The molecule has 0 unspecified atom stereocenters. The lowest BCUT2D eigenvalue weighted by Crippen LogP contribution is -2.28. The lowest BCUT2D eigenvalue weighted by atomic mass is 10.2. The minimum absolute atomic E-state index is 0.0160. The molecule has 0 bridgehead atoms. The zero-order valence-electron chi connectivity index (χ0n) is 13.5. The summed E-state index contributed by atoms with van der Waals surface area (Å²) in [7, 11) is 2.11. The molecule has 1 aromatic rings. The summed E-state index contributed by atoms with van der Waals surface area (Å²) in [5.74, 6) is 0.386. The van der Waals surface area contributed by atoms with Gasteiger partial charge in [-0.3, -0.25) is 4.79 Å². The summed E-state index contributed by atoms with van der Waals surface area (Å²) in [6.07, 6.45) is 0.993. The van der Waals surface area contributed by atoms with Crippen molar-refractivity contribution < 1.29 is 9.90 Å². The number of hydrogen-bond donors (Lipinski definition) is 1. The van der Waals surface area contributed by atoms with Gasteiger partial charge in [0, 0.05) is 18.5 Å². The van der Waals surface area contributed by atoms with Crippen molar-refractivity contribution in [2.24, 2.45) is 0 Å². The molecule has 6 nitrogen and oxygen atoms in total. The van der Waals surface area contributed by atoms with Gasteiger partial charge in [-0.05, 0) is 33.9 Å². The first-order chi connectivity index (χ1) is 9.82. The molecule has 1 rings (SSSR count). The number of carboxylic acid groups (broad SMARTS) is 1. The van der Waals surface area contributed by atoms with Crippen LogP contribution in [0.1, 0.15) is 45.9 Å². The number of carbonyl (C=O) groups is 1. The molecule has 0 radical (unpaired) electrons. The van der Waals surface area contributed by atoms with Gasteiger partial charge in [0.05, 0.1) is 5.75 Å². The van der Waals surface area contributed by atoms with Crippen molar-refractivity contribution in [3.63, 3.8) is 0 Å². The van der Waals surface area contributed by atoms with Crippen LogP contribution in [0.4, 0.5) is 0 Å². The molecule has 0 saturated carbocycles. The molecule has 0 aromatic carbocycles. The van der Waals surface area contributed by atoms with Crippen LogP contribution in [0.3, 0.4) is 0 Å². The van der Waals surface area contributed by atoms with Gasteiger partial charge in [0.25, 0.3) is 0 Å². The van der Waals surface area contributed by atoms with E-state index in [0.29, 0.717) is 11.2 Å². The van der Waals surface area contributed by atoms with Crippen LogP contribution in [-0.4, -0.2) is 56.1 Å². The fraction of sp³-hybridized carbons (Fsp3) is 0.786. The van der Waals surface area contributed by atoms with E-state index >= 15 is 0 Å². The summed E-state index contributed by atoms with van der Waals surface area (Å²) in [4.78, 5) is 13.0. The van der Waals surface area contributed by atoms with E-state index in [2.05, 4.69) is 54.4 Å². The Bertz CT molecular complexity index is 460. The third-order valence-corrected chi connectivity index (χ3v) is 4.31. The van der Waals surface area contributed by atoms with Crippen LogP contribution in [0.2, 0.25) is 0 Å². The Morgan fingerprint density at radius 2 is 2.00 bits per heavy atom. The summed E-state index contributed by atoms with van der Waals surface area (Å²) in [6.45, 7) is 10.3. The van der Waals surface area contributed by atoms with Crippen molar-refractivity contribution >= 4 is 17.7 Å². The van der Waals surface area contributed by atoms with Crippen LogP contribution in [0, 0.1) is 0 Å². The average molecular weight is 314 g/mol. The van der Waals surface area contributed by atoms with Crippen LogP contribution in [-0.2, 0) is 11.3 Å². The Hall–Kier alpha value is -1.08. The Kier molecular flexibility index (Phi) is 7.17. The van der Waals surface area contributed by atoms with Crippen molar-refractivity contribution in [3.05, 3.63) is 5.82 Å². The SMILES string of the molecule is CC(C)c1nnc(SCC(=O)O)n1CCCN(C)C(C)C. The van der Waals surface area contributed by atoms with Crippen LogP contribution < -0.4 is 0 Å². The smallest absolute Gasteiger partial charge is 0.313 e. The van der Waals surface area contributed by atoms with Gasteiger partial charge in [-0.1, -0.05) is 25.6 Å². The number of nitrogens with zero attached hydrogens (tertiary/aromatic N) is 4. The minimum atomic E-state index is -0.833. The van der Waals surface area contributed by atoms with Crippen LogP contribution in [0.5, 0.6) is 0 Å². The first kappa shape index (κ1) is 18.0. The van der Waals surface area contributed by atoms with E-state index in [1.807, 2.05) is 0 Å². The Morgan fingerprint density at radius 3 is 2.52 bits per heavy atom. The maximum Gasteiger partial charge on any atom is 0.313 e. The lowest BCUT2D eigenvalue weighted by molar-refractivity contribution is -0.133. The van der Waals surface area contributed by atoms with Crippen LogP contribution in [0.15, 0.2) is 5.16 Å². The zero-order chi connectivity index (χ0) is 16.0. The number of aromatic nitrogens is 3. The normalized spacial score (nSPS) is 11.8. The second-order valence-electron chi connectivity index (χ2n) is 5.76. The van der Waals surface area contributed by atoms with E-state index in [0.717, 1.165) is 25.3 Å². The van der Waals surface area contributed by atoms with E-state index in [1.165, 1.54) is 11.8 Å². The third kappa shape index (κ3) is 5.67. The van der Waals surface area contributed by atoms with Gasteiger partial charge in [0.2, 0.25) is 0 Å². The average Bonchev–Trinajstić information content (AvgIpc) is 2.79. The topological polar surface area (TPSA) is 71.2 Å². The lowest BCUT2D eigenvalue weighted by Gasteiger charge is -2.21. The van der Waals surface area contributed by atoms with Gasteiger partial charge in [-0.25, -0.2) is 0 Å². The van der Waals surface area contributed by atoms with Gasteiger partial charge in [-0.2, -0.15) is 0 Å². The molecule has 7 heteroatoms. The van der Waals surface area contributed by atoms with Gasteiger partial charge < -0.3 is 14.6 Å². The van der Waals surface area contributed by atoms with Crippen LogP contribution >= 0.6 is 11.8 Å². The van der Waals surface area contributed by atoms with E-state index in [9.17, 15) is 4.79 Å². The van der Waals surface area contributed by atoms with Crippen molar-refractivity contribution in [3.8, 4) is 0 Å². The van der Waals surface area contributed by atoms with E-state index in [-0.39, 0.29) is 11.7 Å². The summed E-state index contributed by atoms with van der Waals surface area (Å²) < 4.78 is 2.06. The first-order valence-corrected chi connectivity index (χ1v) is 8.29. The summed E-state index contributed by atoms with van der Waals surface area (Å²) >= 11 is 1.23. The van der Waals surface area contributed by atoms with Gasteiger partial charge in [0.15, 0.2) is 5.16 Å². The molecule has 0 spiro atoms. The quantitative estimate of drug-likeness (QED) is 0.705. The maximum atomic E-state index is 10.7. The molecule has 1 N–H and O–H groups in total. The van der Waals surface area contributed by atoms with Crippen molar-refractivity contribution in [1.82, 2.24) is 19.7 Å². The predicted octanol–water partition coefficient (Wildman–Crippen LogP) is 2.31. The second kappa shape index (κ2) is 8.38. The van der Waals surface area contributed by atoms with Gasteiger partial charge >= 0.3 is 5.97 Å². The molecular formula is C14H26N4O2S. The molecule has 0 amide bonds. The fourth-order valence-corrected chi connectivity index (χ4v) is 2.60. The van der Waals surface area contributed by atoms with E-state index in [1.54, 1.807) is 0 Å². The van der Waals surface area contributed by atoms with E-state index in [4.69, 9.17) is 5.11 Å². The summed E-state index contributed by atoms with van der Waals surface area (Å²) in [6, 6.07) is 0.524. The molecule has 21 heavy (non-hydrogen) atoms. The predicted molar refractivity (Wildman–Crippen MR) is 84.9 cm³/mol. The monoisotopic (exact) mass is 314 g/mol. The molecule has 0 fully saturated rings. The number of carboxylic acids is 1. The number of thioether (sulfide) groups is 1. The second-order valence-corrected chi connectivity index (χ2v) is 6.70. The molecule has 0 atom stereocenters. The molecule has 0 aliphatic rings. The van der Waals surface area contributed by atoms with Crippen LogP contribution in [0.25, 0.3) is 0 Å². The summed E-state index contributed by atoms with van der Waals surface area (Å²) in [5, 5.41) is 17.9. The highest BCUT2D eigenvalue weighted by molar-refractivity contribution is 7.99. The third-order valence-electron chi connectivity index (χ3n) is 3.36. The number of hydrogen-bond acceptors (Lipinski definition) is 5. The molecule has 0 aliphatic heterocycles. The highest BCUT2D eigenvalue weighted by Gasteiger charge is 2.16. The number of rotatable bonds is 9. The zero-order valence-corrected chi connectivity index (χ0v) is 14.4. The number of aliphatic carboxylic acids is 1. The highest BCUT2D eigenvalue weighted by atomic mass is 32.2. The maximum absolute atomic E-state index is 10.7. The first-order valence-electron chi connectivity index (χ1n) is 7.30. The molecule has 120 valence electrons. The minimum Gasteiger partial charge on any atom is -0.481 e. The van der Waals surface area contributed by atoms with Crippen molar-refractivity contribution in [2.75, 3.05) is 19.3 Å². The van der Waals surface area contributed by atoms with Gasteiger partial charge in [0.1, 0.15) is 5.82 Å². The van der Waals surface area contributed by atoms with Gasteiger partial charge in [-0.15, -0.1) is 10.2 Å². The highest BCUT2D eigenvalue weighted by Crippen LogP contribution is 2.21. The molecule has 1 heterocycles. The Balaban J connectivity index is 2.72. The van der Waals surface area contributed by atoms with Crippen molar-refractivity contribution in [2.45, 2.75) is 57.8 Å². The molecule has 1 aromatic heterocycles. The Morgan fingerprint density at radius 1 is 1.33 bits per heavy atom. The largest absolute Gasteiger partial charge is 0.481 e. The van der Waals surface area contributed by atoms with Crippen molar-refractivity contribution in [1.29, 1.82) is 0 Å². The Labute approximate surface area is 130 Å². The van der Waals surface area contributed by atoms with E-state index < -0.39 is 5.97 Å². The molecular weight excluding hydrogens is 288 g/mol. The standard InChI is InChI=1S/C14H26N4O2S/c1-10(2)13-15-16-14(21-9-12(19)20)18(13)8-6-7-17(5)11(3)4/h10-11H,6-9H2,1-5H3,(H,19,20). The summed E-state index contributed by atoms with van der Waals surface area (Å²) in [5.41, 5.74) is 0.